The Bertz CT molecular complexity index is 225. The summed E-state index contributed by atoms with van der Waals surface area (Å²) in [7, 11) is 0. The van der Waals surface area contributed by atoms with Crippen molar-refractivity contribution in [2.75, 3.05) is 6.54 Å². The quantitative estimate of drug-likeness (QED) is 0.674. The van der Waals surface area contributed by atoms with E-state index in [-0.39, 0.29) is 11.3 Å². The van der Waals surface area contributed by atoms with Crippen LogP contribution < -0.4 is 5.32 Å². The van der Waals surface area contributed by atoms with E-state index in [9.17, 15) is 4.79 Å². The first-order chi connectivity index (χ1) is 6.50. The minimum absolute atomic E-state index is 0.159. The van der Waals surface area contributed by atoms with E-state index in [0.717, 1.165) is 19.4 Å². The third-order valence-corrected chi connectivity index (χ3v) is 2.61. The molecule has 1 aliphatic rings. The third-order valence-electron chi connectivity index (χ3n) is 2.61. The first-order valence-electron chi connectivity index (χ1n) is 5.43. The highest BCUT2D eigenvalue weighted by Gasteiger charge is 2.21. The summed E-state index contributed by atoms with van der Waals surface area (Å²) in [6.07, 6.45) is 7.93. The zero-order chi connectivity index (χ0) is 10.6. The Morgan fingerprint density at radius 2 is 2.14 bits per heavy atom. The maximum absolute atomic E-state index is 11.6. The standard InChI is InChI=1S/C12H21NO/c1-12(2,3)11(14)13-9-10-7-5-4-6-8-10/h4-5,10H,6-9H2,1-3H3,(H,13,14). The number of hydrogen-bond donors (Lipinski definition) is 1. The fourth-order valence-corrected chi connectivity index (χ4v) is 1.54. The lowest BCUT2D eigenvalue weighted by atomic mass is 9.92. The Hall–Kier alpha value is -0.790. The molecule has 0 fully saturated rings. The van der Waals surface area contributed by atoms with Crippen LogP contribution in [0.25, 0.3) is 0 Å². The average molecular weight is 195 g/mol. The first kappa shape index (κ1) is 11.3. The second-order valence-corrected chi connectivity index (χ2v) is 5.11. The lowest BCUT2D eigenvalue weighted by Crippen LogP contribution is -2.37. The van der Waals surface area contributed by atoms with Crippen molar-refractivity contribution in [1.82, 2.24) is 5.32 Å². The number of nitrogens with one attached hydrogen (secondary N) is 1. The molecule has 1 aliphatic carbocycles. The molecule has 1 amide bonds. The van der Waals surface area contributed by atoms with Crippen molar-refractivity contribution in [3.8, 4) is 0 Å². The van der Waals surface area contributed by atoms with Gasteiger partial charge in [-0.2, -0.15) is 0 Å². The largest absolute Gasteiger partial charge is 0.355 e. The number of rotatable bonds is 2. The number of allylic oxidation sites excluding steroid dienone is 2. The molecule has 2 nitrogen and oxygen atoms in total. The van der Waals surface area contributed by atoms with Crippen molar-refractivity contribution in [2.24, 2.45) is 11.3 Å². The molecule has 0 saturated heterocycles. The van der Waals surface area contributed by atoms with E-state index in [1.54, 1.807) is 0 Å². The highest BCUT2D eigenvalue weighted by molar-refractivity contribution is 5.81. The van der Waals surface area contributed by atoms with Gasteiger partial charge in [-0.05, 0) is 25.2 Å². The van der Waals surface area contributed by atoms with Crippen LogP contribution in [0.3, 0.4) is 0 Å². The summed E-state index contributed by atoms with van der Waals surface area (Å²) in [5, 5.41) is 3.02. The van der Waals surface area contributed by atoms with Crippen LogP contribution >= 0.6 is 0 Å². The Morgan fingerprint density at radius 3 is 2.64 bits per heavy atom. The third kappa shape index (κ3) is 3.52. The van der Waals surface area contributed by atoms with E-state index in [4.69, 9.17) is 0 Å². The number of hydrogen-bond acceptors (Lipinski definition) is 1. The second kappa shape index (κ2) is 4.63. The monoisotopic (exact) mass is 195 g/mol. The predicted octanol–water partition coefficient (Wildman–Crippen LogP) is 2.51. The topological polar surface area (TPSA) is 29.1 Å². The summed E-state index contributed by atoms with van der Waals surface area (Å²) in [6, 6.07) is 0. The van der Waals surface area contributed by atoms with Crippen molar-refractivity contribution >= 4 is 5.91 Å². The van der Waals surface area contributed by atoms with Gasteiger partial charge >= 0.3 is 0 Å². The fraction of sp³-hybridized carbons (Fsp3) is 0.750. The molecule has 0 saturated carbocycles. The minimum atomic E-state index is -0.259. The molecule has 1 N–H and O–H groups in total. The van der Waals surface area contributed by atoms with Gasteiger partial charge in [-0.3, -0.25) is 4.79 Å². The molecule has 0 radical (unpaired) electrons. The normalized spacial score (nSPS) is 22.1. The van der Waals surface area contributed by atoms with E-state index in [1.165, 1.54) is 6.42 Å². The molecule has 0 spiro atoms. The Morgan fingerprint density at radius 1 is 1.43 bits per heavy atom. The molecule has 0 aromatic carbocycles. The van der Waals surface area contributed by atoms with Crippen molar-refractivity contribution in [1.29, 1.82) is 0 Å². The van der Waals surface area contributed by atoms with E-state index in [1.807, 2.05) is 20.8 Å². The molecular weight excluding hydrogens is 174 g/mol. The molecule has 0 aromatic rings. The zero-order valence-electron chi connectivity index (χ0n) is 9.47. The van der Waals surface area contributed by atoms with Crippen LogP contribution in [0.5, 0.6) is 0 Å². The molecular formula is C12H21NO. The summed E-state index contributed by atoms with van der Waals surface area (Å²) < 4.78 is 0. The van der Waals surface area contributed by atoms with Crippen LogP contribution in [-0.4, -0.2) is 12.5 Å². The van der Waals surface area contributed by atoms with Crippen LogP contribution in [0.2, 0.25) is 0 Å². The van der Waals surface area contributed by atoms with Crippen LogP contribution in [0.4, 0.5) is 0 Å². The van der Waals surface area contributed by atoms with Gasteiger partial charge in [0.25, 0.3) is 0 Å². The number of carbonyl (C=O) groups is 1. The number of amides is 1. The lowest BCUT2D eigenvalue weighted by molar-refractivity contribution is -0.128. The molecule has 2 heteroatoms. The van der Waals surface area contributed by atoms with Gasteiger partial charge in [0.15, 0.2) is 0 Å². The SMILES string of the molecule is CC(C)(C)C(=O)NCC1CC=CCC1. The van der Waals surface area contributed by atoms with Crippen molar-refractivity contribution in [3.05, 3.63) is 12.2 Å². The Balaban J connectivity index is 2.26. The summed E-state index contributed by atoms with van der Waals surface area (Å²) in [5.41, 5.74) is -0.259. The van der Waals surface area contributed by atoms with Gasteiger partial charge in [0.2, 0.25) is 5.91 Å². The highest BCUT2D eigenvalue weighted by atomic mass is 16.2. The van der Waals surface area contributed by atoms with Crippen molar-refractivity contribution in [3.63, 3.8) is 0 Å². The van der Waals surface area contributed by atoms with Crippen LogP contribution in [-0.2, 0) is 4.79 Å². The molecule has 0 aromatic heterocycles. The maximum atomic E-state index is 11.6. The molecule has 0 aliphatic heterocycles. The lowest BCUT2D eigenvalue weighted by Gasteiger charge is -2.22. The smallest absolute Gasteiger partial charge is 0.225 e. The average Bonchev–Trinajstić information content (AvgIpc) is 2.14. The van der Waals surface area contributed by atoms with Crippen LogP contribution in [0, 0.1) is 11.3 Å². The summed E-state index contributed by atoms with van der Waals surface area (Å²) in [6.45, 7) is 6.68. The first-order valence-corrected chi connectivity index (χ1v) is 5.43. The summed E-state index contributed by atoms with van der Waals surface area (Å²) in [5.74, 6) is 0.804. The molecule has 14 heavy (non-hydrogen) atoms. The fourth-order valence-electron chi connectivity index (χ4n) is 1.54. The Labute approximate surface area is 86.8 Å². The minimum Gasteiger partial charge on any atom is -0.355 e. The molecule has 1 unspecified atom stereocenters. The molecule has 0 heterocycles. The van der Waals surface area contributed by atoms with Gasteiger partial charge < -0.3 is 5.32 Å². The molecule has 0 bridgehead atoms. The van der Waals surface area contributed by atoms with Gasteiger partial charge in [-0.1, -0.05) is 32.9 Å². The van der Waals surface area contributed by atoms with Crippen LogP contribution in [0.1, 0.15) is 40.0 Å². The Kier molecular flexibility index (Phi) is 3.73. The van der Waals surface area contributed by atoms with E-state index < -0.39 is 0 Å². The van der Waals surface area contributed by atoms with Crippen LogP contribution in [0.15, 0.2) is 12.2 Å². The van der Waals surface area contributed by atoms with Gasteiger partial charge in [-0.15, -0.1) is 0 Å². The van der Waals surface area contributed by atoms with Crippen molar-refractivity contribution < 1.29 is 4.79 Å². The predicted molar refractivity (Wildman–Crippen MR) is 58.9 cm³/mol. The summed E-state index contributed by atoms with van der Waals surface area (Å²) >= 11 is 0. The van der Waals surface area contributed by atoms with Gasteiger partial charge in [0, 0.05) is 12.0 Å². The van der Waals surface area contributed by atoms with Gasteiger partial charge in [-0.25, -0.2) is 0 Å². The van der Waals surface area contributed by atoms with Gasteiger partial charge in [0.05, 0.1) is 0 Å². The van der Waals surface area contributed by atoms with Gasteiger partial charge in [0.1, 0.15) is 0 Å². The van der Waals surface area contributed by atoms with Crippen molar-refractivity contribution in [2.45, 2.75) is 40.0 Å². The summed E-state index contributed by atoms with van der Waals surface area (Å²) in [4.78, 5) is 11.6. The van der Waals surface area contributed by atoms with E-state index >= 15 is 0 Å². The van der Waals surface area contributed by atoms with E-state index in [0.29, 0.717) is 5.92 Å². The molecule has 1 atom stereocenters. The number of carbonyl (C=O) groups excluding carboxylic acids is 1. The molecule has 80 valence electrons. The second-order valence-electron chi connectivity index (χ2n) is 5.11. The maximum Gasteiger partial charge on any atom is 0.225 e. The highest BCUT2D eigenvalue weighted by Crippen LogP contribution is 2.18. The molecule has 1 rings (SSSR count). The zero-order valence-corrected chi connectivity index (χ0v) is 9.47. The van der Waals surface area contributed by atoms with E-state index in [2.05, 4.69) is 17.5 Å².